The Morgan fingerprint density at radius 2 is 1.76 bits per heavy atom. The number of carbonyl (C=O) groups excluding carboxylic acids is 1. The molecule has 0 saturated carbocycles. The Morgan fingerprint density at radius 3 is 2.57 bits per heavy atom. The van der Waals surface area contributed by atoms with Crippen LogP contribution in [0.25, 0.3) is 10.8 Å². The van der Waals surface area contributed by atoms with Crippen LogP contribution in [0.15, 0.2) is 42.5 Å². The van der Waals surface area contributed by atoms with Gasteiger partial charge in [-0.1, -0.05) is 42.8 Å². The molecule has 0 aliphatic carbocycles. The Morgan fingerprint density at radius 1 is 1.00 bits per heavy atom. The van der Waals surface area contributed by atoms with Crippen molar-refractivity contribution in [2.45, 2.75) is 19.3 Å². The number of nitrogens with one attached hydrogen (secondary N) is 1. The zero-order chi connectivity index (χ0) is 15.1. The molecule has 0 atom stereocenters. The highest BCUT2D eigenvalue weighted by molar-refractivity contribution is 6.06. The van der Waals surface area contributed by atoms with E-state index in [1.807, 2.05) is 42.5 Å². The molecule has 0 bridgehead atoms. The second-order valence-corrected chi connectivity index (χ2v) is 5.65. The third-order valence-electron chi connectivity index (χ3n) is 3.60. The number of hydrogen-bond donors (Lipinski definition) is 1. The van der Waals surface area contributed by atoms with Crippen molar-refractivity contribution in [2.75, 3.05) is 27.2 Å². The van der Waals surface area contributed by atoms with E-state index in [-0.39, 0.29) is 5.91 Å². The highest BCUT2D eigenvalue weighted by Gasteiger charge is 2.08. The number of hydrogen-bond acceptors (Lipinski definition) is 2. The van der Waals surface area contributed by atoms with Gasteiger partial charge in [-0.3, -0.25) is 4.79 Å². The van der Waals surface area contributed by atoms with Gasteiger partial charge >= 0.3 is 0 Å². The van der Waals surface area contributed by atoms with Crippen LogP contribution in [-0.4, -0.2) is 38.0 Å². The molecule has 0 spiro atoms. The monoisotopic (exact) mass is 284 g/mol. The molecular formula is C18H24N2O. The maximum atomic E-state index is 12.3. The van der Waals surface area contributed by atoms with E-state index in [4.69, 9.17) is 0 Å². The summed E-state index contributed by atoms with van der Waals surface area (Å²) in [6.07, 6.45) is 3.36. The van der Waals surface area contributed by atoms with Gasteiger partial charge in [0.05, 0.1) is 0 Å². The molecule has 0 unspecified atom stereocenters. The standard InChI is InChI=1S/C18H24N2O/c1-20(2)14-7-3-6-13-19-18(21)17-12-8-10-15-9-4-5-11-16(15)17/h4-5,8-12H,3,6-7,13-14H2,1-2H3,(H,19,21). The summed E-state index contributed by atoms with van der Waals surface area (Å²) in [4.78, 5) is 14.5. The van der Waals surface area contributed by atoms with E-state index in [9.17, 15) is 4.79 Å². The van der Waals surface area contributed by atoms with Crippen molar-refractivity contribution in [3.05, 3.63) is 48.0 Å². The van der Waals surface area contributed by atoms with Crippen LogP contribution in [0, 0.1) is 0 Å². The zero-order valence-electron chi connectivity index (χ0n) is 12.9. The predicted molar refractivity (Wildman–Crippen MR) is 88.7 cm³/mol. The third kappa shape index (κ3) is 4.57. The zero-order valence-corrected chi connectivity index (χ0v) is 12.9. The molecule has 2 aromatic rings. The van der Waals surface area contributed by atoms with Crippen LogP contribution in [0.5, 0.6) is 0 Å². The molecular weight excluding hydrogens is 260 g/mol. The molecule has 0 aromatic heterocycles. The van der Waals surface area contributed by atoms with E-state index in [1.54, 1.807) is 0 Å². The second-order valence-electron chi connectivity index (χ2n) is 5.65. The number of fused-ring (bicyclic) bond motifs is 1. The molecule has 2 aromatic carbocycles. The van der Waals surface area contributed by atoms with Gasteiger partial charge in [0.25, 0.3) is 5.91 Å². The summed E-state index contributed by atoms with van der Waals surface area (Å²) in [5, 5.41) is 5.15. The Balaban J connectivity index is 1.85. The van der Waals surface area contributed by atoms with Crippen LogP contribution in [-0.2, 0) is 0 Å². The number of unbranched alkanes of at least 4 members (excludes halogenated alkanes) is 2. The molecule has 0 saturated heterocycles. The number of amides is 1. The fourth-order valence-electron chi connectivity index (χ4n) is 2.45. The third-order valence-corrected chi connectivity index (χ3v) is 3.60. The molecule has 0 aliphatic rings. The number of benzene rings is 2. The first-order valence-electron chi connectivity index (χ1n) is 7.59. The van der Waals surface area contributed by atoms with Crippen LogP contribution in [0.4, 0.5) is 0 Å². The molecule has 3 heteroatoms. The largest absolute Gasteiger partial charge is 0.352 e. The van der Waals surface area contributed by atoms with E-state index >= 15 is 0 Å². The number of nitrogens with zero attached hydrogens (tertiary/aromatic N) is 1. The van der Waals surface area contributed by atoms with Gasteiger partial charge in [-0.15, -0.1) is 0 Å². The highest BCUT2D eigenvalue weighted by atomic mass is 16.1. The molecule has 0 fully saturated rings. The Kier molecular flexibility index (Phi) is 5.76. The van der Waals surface area contributed by atoms with Gasteiger partial charge in [0.2, 0.25) is 0 Å². The first-order valence-corrected chi connectivity index (χ1v) is 7.59. The van der Waals surface area contributed by atoms with Crippen molar-refractivity contribution in [2.24, 2.45) is 0 Å². The molecule has 0 heterocycles. The SMILES string of the molecule is CN(C)CCCCCNC(=O)c1cccc2ccccc12. The van der Waals surface area contributed by atoms with Gasteiger partial charge in [-0.05, 0) is 50.3 Å². The van der Waals surface area contributed by atoms with Gasteiger partial charge in [-0.2, -0.15) is 0 Å². The highest BCUT2D eigenvalue weighted by Crippen LogP contribution is 2.18. The summed E-state index contributed by atoms with van der Waals surface area (Å²) < 4.78 is 0. The van der Waals surface area contributed by atoms with Crippen molar-refractivity contribution in [3.8, 4) is 0 Å². The molecule has 0 radical (unpaired) electrons. The molecule has 1 N–H and O–H groups in total. The van der Waals surface area contributed by atoms with Gasteiger partial charge < -0.3 is 10.2 Å². The molecule has 0 aliphatic heterocycles. The minimum atomic E-state index is 0.0272. The van der Waals surface area contributed by atoms with Crippen LogP contribution >= 0.6 is 0 Å². The summed E-state index contributed by atoms with van der Waals surface area (Å²) >= 11 is 0. The lowest BCUT2D eigenvalue weighted by Gasteiger charge is -2.10. The molecule has 1 amide bonds. The minimum absolute atomic E-state index is 0.0272. The Bertz CT molecular complexity index is 587. The van der Waals surface area contributed by atoms with E-state index in [2.05, 4.69) is 24.3 Å². The predicted octanol–water partition coefficient (Wildman–Crippen LogP) is 3.30. The lowest BCUT2D eigenvalue weighted by Crippen LogP contribution is -2.24. The maximum Gasteiger partial charge on any atom is 0.251 e. The molecule has 2 rings (SSSR count). The van der Waals surface area contributed by atoms with Gasteiger partial charge in [0, 0.05) is 12.1 Å². The summed E-state index contributed by atoms with van der Waals surface area (Å²) in [7, 11) is 4.17. The average molecular weight is 284 g/mol. The number of rotatable bonds is 7. The maximum absolute atomic E-state index is 12.3. The van der Waals surface area contributed by atoms with Crippen molar-refractivity contribution < 1.29 is 4.79 Å². The first-order chi connectivity index (χ1) is 10.2. The average Bonchev–Trinajstić information content (AvgIpc) is 2.49. The van der Waals surface area contributed by atoms with Crippen LogP contribution in [0.2, 0.25) is 0 Å². The Hall–Kier alpha value is -1.87. The summed E-state index contributed by atoms with van der Waals surface area (Å²) in [6, 6.07) is 13.9. The molecule has 21 heavy (non-hydrogen) atoms. The Labute approximate surface area is 127 Å². The number of carbonyl (C=O) groups is 1. The van der Waals surface area contributed by atoms with Gasteiger partial charge in [0.15, 0.2) is 0 Å². The van der Waals surface area contributed by atoms with Crippen molar-refractivity contribution >= 4 is 16.7 Å². The van der Waals surface area contributed by atoms with E-state index in [0.717, 1.165) is 42.3 Å². The van der Waals surface area contributed by atoms with Crippen LogP contribution < -0.4 is 5.32 Å². The van der Waals surface area contributed by atoms with Crippen LogP contribution in [0.1, 0.15) is 29.6 Å². The molecule has 3 nitrogen and oxygen atoms in total. The van der Waals surface area contributed by atoms with Crippen molar-refractivity contribution in [3.63, 3.8) is 0 Å². The van der Waals surface area contributed by atoms with Crippen molar-refractivity contribution in [1.29, 1.82) is 0 Å². The smallest absolute Gasteiger partial charge is 0.251 e. The normalized spacial score (nSPS) is 11.0. The van der Waals surface area contributed by atoms with E-state index in [0.29, 0.717) is 0 Å². The fourth-order valence-corrected chi connectivity index (χ4v) is 2.45. The topological polar surface area (TPSA) is 32.3 Å². The lowest BCUT2D eigenvalue weighted by molar-refractivity contribution is 0.0954. The fraction of sp³-hybridized carbons (Fsp3) is 0.389. The first kappa shape index (κ1) is 15.5. The van der Waals surface area contributed by atoms with Crippen LogP contribution in [0.3, 0.4) is 0 Å². The summed E-state index contributed by atoms with van der Waals surface area (Å²) in [5.41, 5.74) is 0.765. The van der Waals surface area contributed by atoms with E-state index in [1.165, 1.54) is 6.42 Å². The minimum Gasteiger partial charge on any atom is -0.352 e. The van der Waals surface area contributed by atoms with Gasteiger partial charge in [0.1, 0.15) is 0 Å². The second kappa shape index (κ2) is 7.79. The summed E-state index contributed by atoms with van der Waals surface area (Å²) in [5.74, 6) is 0.0272. The van der Waals surface area contributed by atoms with Crippen molar-refractivity contribution in [1.82, 2.24) is 10.2 Å². The quantitative estimate of drug-likeness (QED) is 0.791. The molecule has 112 valence electrons. The lowest BCUT2D eigenvalue weighted by atomic mass is 10.0. The summed E-state index contributed by atoms with van der Waals surface area (Å²) in [6.45, 7) is 1.85. The van der Waals surface area contributed by atoms with Gasteiger partial charge in [-0.25, -0.2) is 0 Å². The van der Waals surface area contributed by atoms with E-state index < -0.39 is 0 Å².